The van der Waals surface area contributed by atoms with E-state index in [0.717, 1.165) is 30.8 Å². The number of anilines is 2. The second kappa shape index (κ2) is 10.2. The van der Waals surface area contributed by atoms with E-state index in [1.54, 1.807) is 42.9 Å². The summed E-state index contributed by atoms with van der Waals surface area (Å²) >= 11 is 0. The number of likely N-dealkylation sites (N-methyl/N-ethyl adjacent to an activating group) is 1. The lowest BCUT2D eigenvalue weighted by Crippen LogP contribution is -2.44. The summed E-state index contributed by atoms with van der Waals surface area (Å²) in [6.45, 7) is 4.54. The first kappa shape index (κ1) is 25.3. The minimum atomic E-state index is -4.55. The van der Waals surface area contributed by atoms with Crippen LogP contribution in [0.3, 0.4) is 0 Å². The molecule has 1 amide bonds. The highest BCUT2D eigenvalue weighted by Gasteiger charge is 2.32. The fraction of sp³-hybridized carbons (Fsp3) is 0.269. The zero-order valence-corrected chi connectivity index (χ0v) is 20.8. The Morgan fingerprint density at radius 1 is 1.00 bits per heavy atom. The fourth-order valence-corrected chi connectivity index (χ4v) is 4.24. The van der Waals surface area contributed by atoms with Crippen molar-refractivity contribution in [3.8, 4) is 16.9 Å². The number of piperazine rings is 1. The summed E-state index contributed by atoms with van der Waals surface area (Å²) in [6.07, 6.45) is 1.79. The number of benzene rings is 2. The minimum absolute atomic E-state index is 0.0768. The molecule has 9 nitrogen and oxygen atoms in total. The van der Waals surface area contributed by atoms with Gasteiger partial charge in [-0.25, -0.2) is 14.6 Å². The lowest BCUT2D eigenvalue weighted by atomic mass is 10.1. The molecule has 1 N–H and O–H groups in total. The van der Waals surface area contributed by atoms with Crippen LogP contribution in [0.25, 0.3) is 16.9 Å². The molecule has 1 fully saturated rings. The van der Waals surface area contributed by atoms with Crippen LogP contribution in [0.1, 0.15) is 21.5 Å². The molecule has 38 heavy (non-hydrogen) atoms. The second-order valence-corrected chi connectivity index (χ2v) is 9.19. The number of rotatable bonds is 5. The normalized spacial score (nSPS) is 14.5. The van der Waals surface area contributed by atoms with Gasteiger partial charge in [0.2, 0.25) is 0 Å². The van der Waals surface area contributed by atoms with Crippen molar-refractivity contribution in [1.29, 1.82) is 0 Å². The molecule has 1 saturated heterocycles. The van der Waals surface area contributed by atoms with Crippen molar-refractivity contribution in [2.45, 2.75) is 13.1 Å². The number of carbonyl (C=O) groups excluding carboxylic acids is 1. The Labute approximate surface area is 216 Å². The van der Waals surface area contributed by atoms with Crippen LogP contribution in [0.2, 0.25) is 0 Å². The molecule has 0 unspecified atom stereocenters. The number of nitrogens with one attached hydrogen (secondary N) is 1. The lowest BCUT2D eigenvalue weighted by molar-refractivity contribution is -0.137. The highest BCUT2D eigenvalue weighted by Crippen LogP contribution is 2.35. The number of hydrogen-bond acceptors (Lipinski definition) is 7. The Kier molecular flexibility index (Phi) is 6.81. The van der Waals surface area contributed by atoms with E-state index in [1.165, 1.54) is 11.0 Å². The smallest absolute Gasteiger partial charge is 0.369 e. The van der Waals surface area contributed by atoms with E-state index in [0.29, 0.717) is 35.7 Å². The molecule has 0 spiro atoms. The number of hydrogen-bond donors (Lipinski definition) is 1. The summed E-state index contributed by atoms with van der Waals surface area (Å²) in [5.41, 5.74) is 2.64. The molecular formula is C26H25F3N8O. The van der Waals surface area contributed by atoms with E-state index < -0.39 is 17.6 Å². The first-order valence-electron chi connectivity index (χ1n) is 11.9. The molecule has 12 heteroatoms. The Morgan fingerprint density at radius 3 is 2.45 bits per heavy atom. The largest absolute Gasteiger partial charge is 0.416 e. The lowest BCUT2D eigenvalue weighted by Gasteiger charge is -2.34. The fourth-order valence-electron chi connectivity index (χ4n) is 4.24. The van der Waals surface area contributed by atoms with Gasteiger partial charge in [-0.3, -0.25) is 4.79 Å². The zero-order valence-electron chi connectivity index (χ0n) is 20.8. The molecule has 0 aliphatic carbocycles. The zero-order chi connectivity index (χ0) is 26.9. The number of alkyl halides is 3. The third-order valence-corrected chi connectivity index (χ3v) is 6.44. The Balaban J connectivity index is 1.41. The van der Waals surface area contributed by atoms with Gasteiger partial charge in [0.05, 0.1) is 17.4 Å². The van der Waals surface area contributed by atoms with Crippen molar-refractivity contribution in [2.75, 3.05) is 43.4 Å². The predicted molar refractivity (Wildman–Crippen MR) is 136 cm³/mol. The van der Waals surface area contributed by atoms with Crippen LogP contribution in [0.4, 0.5) is 24.5 Å². The molecule has 5 rings (SSSR count). The number of carbonyl (C=O) groups is 1. The molecule has 2 aromatic heterocycles. The van der Waals surface area contributed by atoms with Crippen LogP contribution < -0.4 is 10.2 Å². The van der Waals surface area contributed by atoms with Crippen molar-refractivity contribution in [1.82, 2.24) is 29.9 Å². The van der Waals surface area contributed by atoms with Gasteiger partial charge in [0.15, 0.2) is 0 Å². The van der Waals surface area contributed by atoms with Gasteiger partial charge >= 0.3 is 6.18 Å². The van der Waals surface area contributed by atoms with E-state index in [4.69, 9.17) is 0 Å². The van der Waals surface area contributed by atoms with Gasteiger partial charge in [-0.15, -0.1) is 5.10 Å². The van der Waals surface area contributed by atoms with E-state index >= 15 is 0 Å². The molecule has 0 radical (unpaired) electrons. The highest BCUT2D eigenvalue weighted by molar-refractivity contribution is 6.05. The molecule has 0 atom stereocenters. The van der Waals surface area contributed by atoms with Crippen molar-refractivity contribution in [3.63, 3.8) is 0 Å². The summed E-state index contributed by atoms with van der Waals surface area (Å²) in [5.74, 6) is -0.535. The van der Waals surface area contributed by atoms with Crippen molar-refractivity contribution < 1.29 is 18.0 Å². The predicted octanol–water partition coefficient (Wildman–Crippen LogP) is 4.06. The monoisotopic (exact) mass is 522 g/mol. The minimum Gasteiger partial charge on any atom is -0.369 e. The first-order valence-corrected chi connectivity index (χ1v) is 11.9. The average molecular weight is 523 g/mol. The maximum atomic E-state index is 13.7. The molecule has 0 bridgehead atoms. The molecule has 1 aliphatic rings. The maximum absolute atomic E-state index is 13.7. The second-order valence-electron chi connectivity index (χ2n) is 9.19. The summed E-state index contributed by atoms with van der Waals surface area (Å²) in [6, 6.07) is 8.66. The number of nitrogens with zero attached hydrogens (tertiary/aromatic N) is 7. The van der Waals surface area contributed by atoms with Crippen molar-refractivity contribution >= 4 is 17.3 Å². The quantitative estimate of drug-likeness (QED) is 0.423. The SMILES string of the molecule is Cc1ccc(C(=O)Nc2cc(N3CCN(C)CC3)cc(C(F)(F)F)c2)cc1-n1cc(-c2cncnc2)nn1. The van der Waals surface area contributed by atoms with Gasteiger partial charge in [-0.1, -0.05) is 11.3 Å². The topological polar surface area (TPSA) is 92.1 Å². The van der Waals surface area contributed by atoms with Crippen molar-refractivity contribution in [2.24, 2.45) is 0 Å². The van der Waals surface area contributed by atoms with Gasteiger partial charge < -0.3 is 15.1 Å². The van der Waals surface area contributed by atoms with Crippen LogP contribution >= 0.6 is 0 Å². The van der Waals surface area contributed by atoms with Crippen molar-refractivity contribution in [3.05, 3.63) is 78.0 Å². The third-order valence-electron chi connectivity index (χ3n) is 6.44. The Bertz CT molecular complexity index is 1450. The maximum Gasteiger partial charge on any atom is 0.416 e. The molecular weight excluding hydrogens is 497 g/mol. The number of amides is 1. The van der Waals surface area contributed by atoms with Gasteiger partial charge in [-0.2, -0.15) is 13.2 Å². The van der Waals surface area contributed by atoms with Crippen LogP contribution in [-0.4, -0.2) is 69.0 Å². The van der Waals surface area contributed by atoms with Gasteiger partial charge in [-0.05, 0) is 49.9 Å². The van der Waals surface area contributed by atoms with Crippen LogP contribution in [0, 0.1) is 6.92 Å². The summed E-state index contributed by atoms with van der Waals surface area (Å²) in [7, 11) is 1.97. The molecule has 3 heterocycles. The average Bonchev–Trinajstić information content (AvgIpc) is 3.39. The molecule has 196 valence electrons. The summed E-state index contributed by atoms with van der Waals surface area (Å²) < 4.78 is 42.6. The third kappa shape index (κ3) is 5.49. The molecule has 2 aromatic carbocycles. The van der Waals surface area contributed by atoms with Crippen LogP contribution in [0.5, 0.6) is 0 Å². The molecule has 0 saturated carbocycles. The first-order chi connectivity index (χ1) is 18.2. The Morgan fingerprint density at radius 2 is 1.74 bits per heavy atom. The van der Waals surface area contributed by atoms with Gasteiger partial charge in [0.1, 0.15) is 12.0 Å². The van der Waals surface area contributed by atoms with E-state index in [9.17, 15) is 18.0 Å². The number of aromatic nitrogens is 5. The Hall–Kier alpha value is -4.32. The van der Waals surface area contributed by atoms with Crippen LogP contribution in [-0.2, 0) is 6.18 Å². The number of aryl methyl sites for hydroxylation is 1. The van der Waals surface area contributed by atoms with E-state index in [2.05, 4.69) is 30.5 Å². The highest BCUT2D eigenvalue weighted by atomic mass is 19.4. The summed E-state index contributed by atoms with van der Waals surface area (Å²) in [4.78, 5) is 25.1. The number of halogens is 3. The van der Waals surface area contributed by atoms with Gasteiger partial charge in [0.25, 0.3) is 5.91 Å². The molecule has 1 aliphatic heterocycles. The van der Waals surface area contributed by atoms with E-state index in [-0.39, 0.29) is 11.3 Å². The summed E-state index contributed by atoms with van der Waals surface area (Å²) in [5, 5.41) is 11.0. The van der Waals surface area contributed by atoms with E-state index in [1.807, 2.05) is 18.9 Å². The standard InChI is InChI=1S/C26H25F3N8O/c1-17-3-4-18(9-24(17)37-15-23(33-34-37)19-13-30-16-31-14-19)25(38)32-21-10-20(26(27,28)29)11-22(12-21)36-7-5-35(2)6-8-36/h3-4,9-16H,5-8H2,1-2H3,(H,32,38). The van der Waals surface area contributed by atoms with Crippen LogP contribution in [0.15, 0.2) is 61.3 Å². The van der Waals surface area contributed by atoms with Gasteiger partial charge in [0, 0.05) is 61.1 Å². The molecule has 4 aromatic rings.